The van der Waals surface area contributed by atoms with E-state index in [1.54, 1.807) is 0 Å². The van der Waals surface area contributed by atoms with E-state index in [2.05, 4.69) is 39.8 Å². The zero-order valence-electron chi connectivity index (χ0n) is 17.0. The van der Waals surface area contributed by atoms with Gasteiger partial charge in [0, 0.05) is 0 Å². The molecule has 24 heavy (non-hydrogen) atoms. The fourth-order valence-electron chi connectivity index (χ4n) is 3.52. The van der Waals surface area contributed by atoms with Gasteiger partial charge in [-0.3, -0.25) is 0 Å². The summed E-state index contributed by atoms with van der Waals surface area (Å²) >= 11 is 0. The molecule has 0 nitrogen and oxygen atoms in total. The van der Waals surface area contributed by atoms with Gasteiger partial charge >= 0.3 is 0 Å². The van der Waals surface area contributed by atoms with Gasteiger partial charge in [-0.25, -0.2) is 0 Å². The van der Waals surface area contributed by atoms with Crippen LogP contribution in [0.3, 0.4) is 0 Å². The Bertz CT molecular complexity index is 253. The van der Waals surface area contributed by atoms with E-state index in [0.29, 0.717) is 0 Å². The highest BCUT2D eigenvalue weighted by Crippen LogP contribution is 2.23. The van der Waals surface area contributed by atoms with Gasteiger partial charge < -0.3 is 0 Å². The third-order valence-corrected chi connectivity index (χ3v) is 5.35. The van der Waals surface area contributed by atoms with Gasteiger partial charge in [-0.05, 0) is 37.5 Å². The quantitative estimate of drug-likeness (QED) is 0.174. The Kier molecular flexibility index (Phi) is 18.9. The summed E-state index contributed by atoms with van der Waals surface area (Å²) in [6.07, 6.45) is 26.1. The molecule has 0 fully saturated rings. The largest absolute Gasteiger partial charge is 0.0885 e. The lowest BCUT2D eigenvalue weighted by molar-refractivity contribution is 0.372. The standard InChI is InChI=1S/C24H46/c1-5-8-10-11-12-13-14-15-16-17-19-23(4)20-18-22-24(7-3)21-9-6-2/h10-11,23-24H,1-2,5-9,12-22H2,3-4H3. The van der Waals surface area contributed by atoms with Crippen LogP contribution < -0.4 is 0 Å². The molecule has 0 saturated heterocycles. The molecule has 0 aromatic rings. The molecule has 2 unspecified atom stereocenters. The zero-order chi connectivity index (χ0) is 17.9. The Balaban J connectivity index is 3.38. The molecule has 2 atom stereocenters. The summed E-state index contributed by atoms with van der Waals surface area (Å²) < 4.78 is 0. The summed E-state index contributed by atoms with van der Waals surface area (Å²) in [6, 6.07) is 0. The molecular formula is C24H46. The van der Waals surface area contributed by atoms with Crippen LogP contribution in [-0.2, 0) is 0 Å². The maximum Gasteiger partial charge on any atom is -0.0351 e. The smallest absolute Gasteiger partial charge is 0.0351 e. The molecule has 0 heterocycles. The topological polar surface area (TPSA) is 0 Å². The van der Waals surface area contributed by atoms with E-state index in [1.165, 1.54) is 83.5 Å². The number of hydrogen-bond donors (Lipinski definition) is 0. The molecule has 0 N–H and O–H groups in total. The summed E-state index contributed by atoms with van der Waals surface area (Å²) in [7, 11) is 0. The minimum Gasteiger partial charge on any atom is -0.0885 e. The van der Waals surface area contributed by atoms with E-state index in [0.717, 1.165) is 31.1 Å². The van der Waals surface area contributed by atoms with Crippen LogP contribution in [0.15, 0.2) is 12.2 Å². The highest BCUT2D eigenvalue weighted by molar-refractivity contribution is 4.81. The third-order valence-electron chi connectivity index (χ3n) is 5.35. The maximum atomic E-state index is 3.97. The lowest BCUT2D eigenvalue weighted by atomic mass is 9.90. The van der Waals surface area contributed by atoms with Gasteiger partial charge in [0.05, 0.1) is 0 Å². The second kappa shape index (κ2) is 19.1. The molecule has 0 aliphatic heterocycles. The molecule has 0 amide bonds. The highest BCUT2D eigenvalue weighted by atomic mass is 14.1. The van der Waals surface area contributed by atoms with E-state index >= 15 is 0 Å². The van der Waals surface area contributed by atoms with E-state index in [9.17, 15) is 0 Å². The van der Waals surface area contributed by atoms with Crippen molar-refractivity contribution >= 4 is 0 Å². The van der Waals surface area contributed by atoms with E-state index in [1.807, 2.05) is 0 Å². The average molecular weight is 335 g/mol. The van der Waals surface area contributed by atoms with E-state index in [-0.39, 0.29) is 0 Å². The van der Waals surface area contributed by atoms with Gasteiger partial charge in [0.15, 0.2) is 0 Å². The first-order valence-electron chi connectivity index (χ1n) is 11.0. The third kappa shape index (κ3) is 16.6. The Labute approximate surface area is 154 Å². The van der Waals surface area contributed by atoms with E-state index < -0.39 is 0 Å². The Hall–Kier alpha value is -0.260. The van der Waals surface area contributed by atoms with Crippen LogP contribution in [0, 0.1) is 25.7 Å². The van der Waals surface area contributed by atoms with Gasteiger partial charge in [-0.1, -0.05) is 117 Å². The van der Waals surface area contributed by atoms with E-state index in [4.69, 9.17) is 0 Å². The Morgan fingerprint density at radius 3 is 2.00 bits per heavy atom. The fourth-order valence-corrected chi connectivity index (χ4v) is 3.52. The number of rotatable bonds is 18. The fraction of sp³-hybridized carbons (Fsp3) is 0.833. The SMILES string of the molecule is [CH2]CCC=CCCCCCCCC(C)CCCC(CC)CCC[CH2]. The van der Waals surface area contributed by atoms with Crippen LogP contribution in [0.2, 0.25) is 0 Å². The summed E-state index contributed by atoms with van der Waals surface area (Å²) in [4.78, 5) is 0. The number of allylic oxidation sites excluding steroid dienone is 2. The molecule has 0 saturated carbocycles. The van der Waals surface area contributed by atoms with Crippen LogP contribution in [0.4, 0.5) is 0 Å². The Morgan fingerprint density at radius 2 is 1.29 bits per heavy atom. The molecule has 0 spiro atoms. The normalized spacial score (nSPS) is 14.3. The molecule has 0 aromatic carbocycles. The maximum absolute atomic E-state index is 3.97. The van der Waals surface area contributed by atoms with Crippen molar-refractivity contribution in [1.29, 1.82) is 0 Å². The molecule has 0 bridgehead atoms. The first kappa shape index (κ1) is 23.7. The number of hydrogen-bond acceptors (Lipinski definition) is 0. The van der Waals surface area contributed by atoms with Crippen molar-refractivity contribution in [3.05, 3.63) is 26.0 Å². The summed E-state index contributed by atoms with van der Waals surface area (Å²) in [6.45, 7) is 12.6. The molecule has 142 valence electrons. The van der Waals surface area contributed by atoms with Crippen molar-refractivity contribution in [1.82, 2.24) is 0 Å². The first-order chi connectivity index (χ1) is 11.7. The molecule has 0 rings (SSSR count). The van der Waals surface area contributed by atoms with Crippen molar-refractivity contribution in [2.24, 2.45) is 11.8 Å². The molecule has 0 aromatic heterocycles. The molecule has 0 aliphatic carbocycles. The van der Waals surface area contributed by atoms with Gasteiger partial charge in [-0.15, -0.1) is 0 Å². The molecule has 0 aliphatic rings. The Morgan fingerprint density at radius 1 is 0.667 bits per heavy atom. The zero-order valence-corrected chi connectivity index (χ0v) is 17.0. The van der Waals surface area contributed by atoms with Gasteiger partial charge in [0.1, 0.15) is 0 Å². The monoisotopic (exact) mass is 334 g/mol. The van der Waals surface area contributed by atoms with Crippen molar-refractivity contribution in [2.75, 3.05) is 0 Å². The molecular weight excluding hydrogens is 288 g/mol. The van der Waals surface area contributed by atoms with Crippen LogP contribution in [-0.4, -0.2) is 0 Å². The highest BCUT2D eigenvalue weighted by Gasteiger charge is 2.07. The lowest BCUT2D eigenvalue weighted by Gasteiger charge is -2.16. The van der Waals surface area contributed by atoms with Gasteiger partial charge in [0.2, 0.25) is 0 Å². The summed E-state index contributed by atoms with van der Waals surface area (Å²) in [5.74, 6) is 1.89. The lowest BCUT2D eigenvalue weighted by Crippen LogP contribution is -2.01. The van der Waals surface area contributed by atoms with Crippen LogP contribution in [0.25, 0.3) is 0 Å². The predicted octanol–water partition coefficient (Wildman–Crippen LogP) is 8.72. The van der Waals surface area contributed by atoms with Gasteiger partial charge in [-0.2, -0.15) is 0 Å². The van der Waals surface area contributed by atoms with Crippen molar-refractivity contribution in [3.63, 3.8) is 0 Å². The minimum absolute atomic E-state index is 0.931. The van der Waals surface area contributed by atoms with Crippen LogP contribution >= 0.6 is 0 Å². The molecule has 2 radical (unpaired) electrons. The van der Waals surface area contributed by atoms with Crippen LogP contribution in [0.5, 0.6) is 0 Å². The summed E-state index contributed by atoms with van der Waals surface area (Å²) in [5.41, 5.74) is 0. The average Bonchev–Trinajstić information content (AvgIpc) is 2.59. The van der Waals surface area contributed by atoms with Crippen molar-refractivity contribution < 1.29 is 0 Å². The van der Waals surface area contributed by atoms with Crippen LogP contribution in [0.1, 0.15) is 117 Å². The second-order valence-corrected chi connectivity index (χ2v) is 7.76. The minimum atomic E-state index is 0.931. The first-order valence-corrected chi connectivity index (χ1v) is 11.0. The second-order valence-electron chi connectivity index (χ2n) is 7.76. The van der Waals surface area contributed by atoms with Crippen molar-refractivity contribution in [2.45, 2.75) is 117 Å². The summed E-state index contributed by atoms with van der Waals surface area (Å²) in [5, 5.41) is 0. The molecule has 0 heteroatoms. The van der Waals surface area contributed by atoms with Gasteiger partial charge in [0.25, 0.3) is 0 Å². The predicted molar refractivity (Wildman–Crippen MR) is 112 cm³/mol. The number of unbranched alkanes of at least 4 members (excludes halogenated alkanes) is 7. The van der Waals surface area contributed by atoms with Crippen molar-refractivity contribution in [3.8, 4) is 0 Å².